The van der Waals surface area contributed by atoms with Gasteiger partial charge in [-0.3, -0.25) is 9.78 Å². The van der Waals surface area contributed by atoms with Crippen LogP contribution in [0.5, 0.6) is 0 Å². The summed E-state index contributed by atoms with van der Waals surface area (Å²) in [7, 11) is 4.26. The Morgan fingerprint density at radius 1 is 0.942 bits per heavy atom. The van der Waals surface area contributed by atoms with Crippen molar-refractivity contribution in [2.45, 2.75) is 114 Å². The van der Waals surface area contributed by atoms with E-state index in [2.05, 4.69) is 90.2 Å². The van der Waals surface area contributed by atoms with Gasteiger partial charge < -0.3 is 14.1 Å². The number of benzene rings is 2. The van der Waals surface area contributed by atoms with Gasteiger partial charge in [-0.25, -0.2) is 0 Å². The van der Waals surface area contributed by atoms with Crippen molar-refractivity contribution >= 4 is 27.5 Å². The molecule has 0 bridgehead atoms. The molecule has 0 atom stereocenters. The summed E-state index contributed by atoms with van der Waals surface area (Å²) in [6, 6.07) is 20.6. The number of ketones is 1. The summed E-state index contributed by atoms with van der Waals surface area (Å²) < 4.78 is 7.80. The number of allylic oxidation sites excluding steroid dienone is 2. The third-order valence-electron chi connectivity index (χ3n) is 11.0. The summed E-state index contributed by atoms with van der Waals surface area (Å²) in [5, 5.41) is 13.5. The number of nitrogens with zero attached hydrogens (tertiary/aromatic N) is 2. The van der Waals surface area contributed by atoms with E-state index in [1.807, 2.05) is 64.6 Å². The maximum absolute atomic E-state index is 12.2. The number of carbonyl (C=O) groups excluding carboxylic acids is 1. The van der Waals surface area contributed by atoms with E-state index < -0.39 is 0 Å². The van der Waals surface area contributed by atoms with Crippen molar-refractivity contribution in [3.63, 3.8) is 0 Å². The molecule has 0 amide bonds. The van der Waals surface area contributed by atoms with Gasteiger partial charge in [-0.15, -0.1) is 29.1 Å². The summed E-state index contributed by atoms with van der Waals surface area (Å²) in [4.78, 5) is 17.1. The summed E-state index contributed by atoms with van der Waals surface area (Å²) in [5.41, 5.74) is 6.78. The number of aromatic nitrogens is 2. The second-order valence-electron chi connectivity index (χ2n) is 16.0. The predicted molar refractivity (Wildman–Crippen MR) is 213 cm³/mol. The van der Waals surface area contributed by atoms with Gasteiger partial charge in [0, 0.05) is 61.2 Å². The maximum atomic E-state index is 12.2. The normalized spacial score (nSPS) is 12.5. The van der Waals surface area contributed by atoms with E-state index in [9.17, 15) is 9.90 Å². The smallest absolute Gasteiger partial charge is 0.164 e. The third kappa shape index (κ3) is 9.25. The first kappa shape index (κ1) is 42.7. The van der Waals surface area contributed by atoms with Crippen LogP contribution in [0.25, 0.3) is 44.3 Å². The molecule has 6 heteroatoms. The molecule has 281 valence electrons. The number of rotatable bonds is 11. The number of fused-ring (bicyclic) bond motifs is 2. The Bertz CT molecular complexity index is 2010. The maximum Gasteiger partial charge on any atom is 0.164 e. The molecule has 1 N–H and O–H groups in total. The molecule has 52 heavy (non-hydrogen) atoms. The molecule has 5 nitrogen and oxygen atoms in total. The number of carbonyl (C=O) groups is 1. The first-order valence-corrected chi connectivity index (χ1v) is 18.6. The summed E-state index contributed by atoms with van der Waals surface area (Å²) in [6.07, 6.45) is 11.4. The van der Waals surface area contributed by atoms with E-state index in [4.69, 9.17) is 9.40 Å². The van der Waals surface area contributed by atoms with Gasteiger partial charge in [-0.2, -0.15) is 0 Å². The number of aliphatic hydroxyl groups excluding tert-OH is 1. The van der Waals surface area contributed by atoms with E-state index >= 15 is 0 Å². The van der Waals surface area contributed by atoms with Crippen LogP contribution in [0.1, 0.15) is 113 Å². The molecule has 3 aromatic heterocycles. The van der Waals surface area contributed by atoms with E-state index in [0.717, 1.165) is 76.5 Å². The van der Waals surface area contributed by atoms with Gasteiger partial charge in [-0.05, 0) is 67.2 Å². The van der Waals surface area contributed by atoms with Crippen LogP contribution in [-0.2, 0) is 36.7 Å². The van der Waals surface area contributed by atoms with Crippen molar-refractivity contribution in [1.29, 1.82) is 0 Å². The van der Waals surface area contributed by atoms with Crippen molar-refractivity contribution < 1.29 is 39.0 Å². The summed E-state index contributed by atoms with van der Waals surface area (Å²) in [5.74, 6) is 0.823. The number of pyridine rings is 2. The Balaban J connectivity index is 0.000000347. The van der Waals surface area contributed by atoms with Crippen LogP contribution in [0.4, 0.5) is 0 Å². The van der Waals surface area contributed by atoms with E-state index in [1.54, 1.807) is 6.26 Å². The Hall–Kier alpha value is -3.73. The van der Waals surface area contributed by atoms with Crippen LogP contribution in [0.3, 0.4) is 0 Å². The van der Waals surface area contributed by atoms with E-state index in [0.29, 0.717) is 5.92 Å². The average molecular weight is 880 g/mol. The Morgan fingerprint density at radius 3 is 2.17 bits per heavy atom. The second kappa shape index (κ2) is 17.4. The fourth-order valence-corrected chi connectivity index (χ4v) is 6.41. The molecule has 0 unspecified atom stereocenters. The number of hydrogen-bond donors (Lipinski definition) is 1. The molecule has 5 aromatic rings. The van der Waals surface area contributed by atoms with Crippen LogP contribution in [0, 0.1) is 29.9 Å². The molecule has 2 aromatic carbocycles. The minimum absolute atomic E-state index is 0. The van der Waals surface area contributed by atoms with Gasteiger partial charge in [-0.1, -0.05) is 105 Å². The van der Waals surface area contributed by atoms with E-state index in [-0.39, 0.29) is 47.9 Å². The average Bonchev–Trinajstić information content (AvgIpc) is 3.61. The Labute approximate surface area is 326 Å². The second-order valence-corrected chi connectivity index (χ2v) is 16.0. The Kier molecular flexibility index (Phi) is 14.3. The third-order valence-corrected chi connectivity index (χ3v) is 11.0. The summed E-state index contributed by atoms with van der Waals surface area (Å²) >= 11 is 0. The molecule has 0 saturated carbocycles. The first-order chi connectivity index (χ1) is 24.0. The fourth-order valence-electron chi connectivity index (χ4n) is 6.41. The predicted octanol–water partition coefficient (Wildman–Crippen LogP) is 12.2. The number of aliphatic hydroxyl groups is 1. The molecule has 0 aliphatic carbocycles. The standard InChI is InChI=1S/C31H31N2O.C15H28O2.Ir/c1-20(2)15-24-19-32-29(26-12-14-34-30(24)26)22-11-13-33(6)28(18-22)23-16-21-9-7-8-10-25(21)27(17-23)31(3,4)5;1-7-14(5,8-2)12(16)11-13(17)15(6,9-3)10-4;/h7-14,17-20H,6,15H2,1-5H3;11,16H,7-10H2,1-6H3;/q-1;;/b;12-11-;. The number of hydrogen-bond acceptors (Lipinski definition) is 4. The van der Waals surface area contributed by atoms with Gasteiger partial charge in [0.25, 0.3) is 0 Å². The van der Waals surface area contributed by atoms with Gasteiger partial charge in [0.2, 0.25) is 0 Å². The molecular weight excluding hydrogens is 821 g/mol. The molecule has 5 rings (SSSR count). The quantitative estimate of drug-likeness (QED) is 0.0621. The first-order valence-electron chi connectivity index (χ1n) is 18.6. The summed E-state index contributed by atoms with van der Waals surface area (Å²) in [6.45, 7) is 23.3. The van der Waals surface area contributed by atoms with Gasteiger partial charge in [0.1, 0.15) is 17.0 Å². The number of furan rings is 1. The minimum Gasteiger partial charge on any atom is -0.512 e. The molecule has 0 saturated heterocycles. The van der Waals surface area contributed by atoms with E-state index in [1.165, 1.54) is 17.0 Å². The molecule has 3 heterocycles. The molecule has 0 aliphatic heterocycles. The molecule has 0 aliphatic rings. The topological polar surface area (TPSA) is 67.2 Å². The molecule has 1 radical (unpaired) electrons. The van der Waals surface area contributed by atoms with Gasteiger partial charge in [0.05, 0.1) is 18.2 Å². The van der Waals surface area contributed by atoms with Crippen molar-refractivity contribution in [3.8, 4) is 22.5 Å². The molecular formula is C46H59IrN2O3-. The zero-order valence-electron chi connectivity index (χ0n) is 33.2. The Morgan fingerprint density at radius 2 is 1.58 bits per heavy atom. The van der Waals surface area contributed by atoms with Crippen molar-refractivity contribution in [3.05, 3.63) is 103 Å². The molecule has 0 fully saturated rings. The van der Waals surface area contributed by atoms with Crippen LogP contribution in [0.15, 0.2) is 83.4 Å². The zero-order valence-corrected chi connectivity index (χ0v) is 35.6. The SMILES string of the molecule is CCC(C)(CC)C(=O)/C=C(\O)C(C)(CC)CC.[CH2-][n+]1ccc(-c2ncc(CC(C)C)c3occc23)cc1-c1[c-]c2ccccc2c(C(C)(C)C)c1.[Ir]. The van der Waals surface area contributed by atoms with Crippen molar-refractivity contribution in [2.75, 3.05) is 0 Å². The molecule has 0 spiro atoms. The monoisotopic (exact) mass is 880 g/mol. The van der Waals surface area contributed by atoms with Gasteiger partial charge in [0.15, 0.2) is 5.78 Å². The van der Waals surface area contributed by atoms with Crippen LogP contribution in [-0.4, -0.2) is 15.9 Å². The van der Waals surface area contributed by atoms with Crippen LogP contribution in [0.2, 0.25) is 0 Å². The van der Waals surface area contributed by atoms with Crippen LogP contribution < -0.4 is 4.57 Å². The van der Waals surface area contributed by atoms with Crippen LogP contribution >= 0.6 is 0 Å². The minimum atomic E-state index is -0.337. The fraction of sp³-hybridized carbons (Fsp3) is 0.435. The van der Waals surface area contributed by atoms with Crippen molar-refractivity contribution in [2.24, 2.45) is 16.7 Å². The van der Waals surface area contributed by atoms with Crippen molar-refractivity contribution in [1.82, 2.24) is 4.98 Å². The van der Waals surface area contributed by atoms with Gasteiger partial charge >= 0.3 is 0 Å². The zero-order chi connectivity index (χ0) is 37.7. The largest absolute Gasteiger partial charge is 0.512 e.